The van der Waals surface area contributed by atoms with E-state index < -0.39 is 0 Å². The fourth-order valence-corrected chi connectivity index (χ4v) is 4.10. The Morgan fingerprint density at radius 3 is 2.92 bits per heavy atom. The Balaban J connectivity index is 1.54. The van der Waals surface area contributed by atoms with Crippen LogP contribution in [0.4, 0.5) is 0 Å². The zero-order valence-corrected chi connectivity index (χ0v) is 15.1. The highest BCUT2D eigenvalue weighted by atomic mass is 32.2. The molecule has 1 aliphatic rings. The molecule has 1 aromatic carbocycles. The molecule has 1 N–H and O–H groups in total. The molecule has 0 unspecified atom stereocenters. The molecule has 126 valence electrons. The minimum Gasteiger partial charge on any atom is -0.450 e. The fourth-order valence-electron chi connectivity index (χ4n) is 2.42. The smallest absolute Gasteiger partial charge is 0.266 e. The lowest BCUT2D eigenvalue weighted by Gasteiger charge is -2.04. The molecule has 8 heteroatoms. The van der Waals surface area contributed by atoms with E-state index in [1.807, 2.05) is 36.4 Å². The van der Waals surface area contributed by atoms with Crippen LogP contribution in [-0.2, 0) is 4.79 Å². The van der Waals surface area contributed by atoms with Crippen molar-refractivity contribution >= 4 is 51.7 Å². The molecule has 0 saturated carbocycles. The minimum absolute atomic E-state index is 0.0755. The highest BCUT2D eigenvalue weighted by Crippen LogP contribution is 2.33. The Hall–Kier alpha value is -2.45. The van der Waals surface area contributed by atoms with E-state index in [0.29, 0.717) is 20.9 Å². The molecule has 4 rings (SSSR count). The molecule has 0 spiro atoms. The summed E-state index contributed by atoms with van der Waals surface area (Å²) in [6.45, 7) is 0. The van der Waals surface area contributed by atoms with Crippen LogP contribution in [0.15, 0.2) is 61.0 Å². The van der Waals surface area contributed by atoms with E-state index in [2.05, 4.69) is 15.0 Å². The van der Waals surface area contributed by atoms with Crippen LogP contribution in [0.3, 0.4) is 0 Å². The number of benzene rings is 1. The van der Waals surface area contributed by atoms with Crippen molar-refractivity contribution in [3.8, 4) is 0 Å². The summed E-state index contributed by atoms with van der Waals surface area (Å²) < 4.78 is 5.80. The number of aromatic nitrogens is 2. The number of fused-ring (bicyclic) bond motifs is 1. The molecular formula is C17H14N4O2S2. The molecule has 3 aromatic rings. The number of aromatic amines is 1. The number of amidine groups is 1. The van der Waals surface area contributed by atoms with E-state index in [-0.39, 0.29) is 5.91 Å². The predicted molar refractivity (Wildman–Crippen MR) is 101 cm³/mol. The van der Waals surface area contributed by atoms with Crippen LogP contribution < -0.4 is 0 Å². The number of hydrogen-bond acceptors (Lipinski definition) is 6. The number of thioether (sulfide) groups is 1. The Kier molecular flexibility index (Phi) is 4.14. The summed E-state index contributed by atoms with van der Waals surface area (Å²) in [5.41, 5.74) is 1.91. The van der Waals surface area contributed by atoms with Gasteiger partial charge in [0.05, 0.1) is 15.9 Å². The standard InChI is InChI=1S/C17H14N4O2S2/c1-18-17-21(2)15(22)13(24-17)9-10-7-8-14(23-10)25-16-19-11-5-3-4-6-12(11)20-16/h3-9H,1-2H3,(H,19,20)/b13-9-,18-17?. The zero-order valence-electron chi connectivity index (χ0n) is 13.5. The topological polar surface area (TPSA) is 74.5 Å². The van der Waals surface area contributed by atoms with Gasteiger partial charge in [-0.15, -0.1) is 0 Å². The average Bonchev–Trinajstić information content (AvgIpc) is 3.29. The summed E-state index contributed by atoms with van der Waals surface area (Å²) >= 11 is 2.75. The molecule has 3 heterocycles. The predicted octanol–water partition coefficient (Wildman–Crippen LogP) is 3.84. The van der Waals surface area contributed by atoms with Gasteiger partial charge in [0.2, 0.25) is 0 Å². The normalized spacial score (nSPS) is 18.2. The van der Waals surface area contributed by atoms with Crippen LogP contribution in [0.1, 0.15) is 5.76 Å². The van der Waals surface area contributed by atoms with E-state index >= 15 is 0 Å². The maximum Gasteiger partial charge on any atom is 0.266 e. The van der Waals surface area contributed by atoms with E-state index in [1.54, 1.807) is 20.2 Å². The first-order chi connectivity index (χ1) is 12.1. The van der Waals surface area contributed by atoms with Gasteiger partial charge in [0.25, 0.3) is 5.91 Å². The van der Waals surface area contributed by atoms with E-state index in [9.17, 15) is 4.79 Å². The largest absolute Gasteiger partial charge is 0.450 e. The first-order valence-corrected chi connectivity index (χ1v) is 9.14. The highest BCUT2D eigenvalue weighted by molar-refractivity contribution is 8.18. The molecule has 6 nitrogen and oxygen atoms in total. The SMILES string of the molecule is CN=C1S/C(=C\c2ccc(Sc3nc4ccccc4[nH]3)o2)C(=O)N1C. The number of carbonyl (C=O) groups is 1. The number of carbonyl (C=O) groups excluding carboxylic acids is 1. The number of nitrogens with zero attached hydrogens (tertiary/aromatic N) is 3. The Bertz CT molecular complexity index is 986. The number of imidazole rings is 1. The molecule has 1 aliphatic heterocycles. The number of hydrogen-bond donors (Lipinski definition) is 1. The maximum absolute atomic E-state index is 12.2. The number of likely N-dealkylation sites (N-methyl/N-ethyl adjacent to an activating group) is 1. The van der Waals surface area contributed by atoms with Crippen molar-refractivity contribution in [2.45, 2.75) is 10.2 Å². The van der Waals surface area contributed by atoms with Crippen LogP contribution in [-0.4, -0.2) is 40.0 Å². The Morgan fingerprint density at radius 1 is 1.32 bits per heavy atom. The second-order valence-electron chi connectivity index (χ2n) is 5.30. The lowest BCUT2D eigenvalue weighted by atomic mass is 10.3. The van der Waals surface area contributed by atoms with Gasteiger partial charge in [-0.2, -0.15) is 0 Å². The van der Waals surface area contributed by atoms with E-state index in [4.69, 9.17) is 4.42 Å². The molecule has 0 aliphatic carbocycles. The summed E-state index contributed by atoms with van der Waals surface area (Å²) in [7, 11) is 3.38. The summed E-state index contributed by atoms with van der Waals surface area (Å²) in [5, 5.41) is 2.15. The quantitative estimate of drug-likeness (QED) is 0.709. The molecule has 1 amide bonds. The van der Waals surface area contributed by atoms with Gasteiger partial charge >= 0.3 is 0 Å². The van der Waals surface area contributed by atoms with Crippen molar-refractivity contribution in [1.29, 1.82) is 0 Å². The van der Waals surface area contributed by atoms with Crippen molar-refractivity contribution < 1.29 is 9.21 Å². The molecule has 2 aromatic heterocycles. The molecule has 0 bridgehead atoms. The second kappa shape index (κ2) is 6.45. The molecule has 0 atom stereocenters. The van der Waals surface area contributed by atoms with Crippen LogP contribution in [0, 0.1) is 0 Å². The summed E-state index contributed by atoms with van der Waals surface area (Å²) in [6, 6.07) is 11.6. The van der Waals surface area contributed by atoms with E-state index in [1.165, 1.54) is 28.4 Å². The number of para-hydroxylation sites is 2. The van der Waals surface area contributed by atoms with Gasteiger partial charge in [0.15, 0.2) is 15.4 Å². The van der Waals surface area contributed by atoms with Gasteiger partial charge in [-0.05, 0) is 47.8 Å². The number of rotatable bonds is 3. The van der Waals surface area contributed by atoms with Gasteiger partial charge in [0.1, 0.15) is 5.76 Å². The molecule has 1 saturated heterocycles. The molecule has 1 fully saturated rings. The second-order valence-corrected chi connectivity index (χ2v) is 7.30. The number of furan rings is 1. The third-order valence-electron chi connectivity index (χ3n) is 3.64. The molecule has 25 heavy (non-hydrogen) atoms. The molecule has 0 radical (unpaired) electrons. The lowest BCUT2D eigenvalue weighted by Crippen LogP contribution is -2.23. The van der Waals surface area contributed by atoms with Crippen LogP contribution in [0.2, 0.25) is 0 Å². The van der Waals surface area contributed by atoms with Gasteiger partial charge in [0, 0.05) is 20.2 Å². The average molecular weight is 370 g/mol. The van der Waals surface area contributed by atoms with Crippen molar-refractivity contribution in [2.24, 2.45) is 4.99 Å². The highest BCUT2D eigenvalue weighted by Gasteiger charge is 2.30. The van der Waals surface area contributed by atoms with Gasteiger partial charge in [-0.3, -0.25) is 14.7 Å². The van der Waals surface area contributed by atoms with Crippen molar-refractivity contribution in [2.75, 3.05) is 14.1 Å². The fraction of sp³-hybridized carbons (Fsp3) is 0.118. The third-order valence-corrected chi connectivity index (χ3v) is 5.59. The summed E-state index contributed by atoms with van der Waals surface area (Å²) in [4.78, 5) is 26.1. The lowest BCUT2D eigenvalue weighted by molar-refractivity contribution is -0.121. The Morgan fingerprint density at radius 2 is 2.16 bits per heavy atom. The number of amides is 1. The van der Waals surface area contributed by atoms with Crippen LogP contribution in [0.25, 0.3) is 17.1 Å². The Labute approximate surface area is 152 Å². The van der Waals surface area contributed by atoms with Gasteiger partial charge in [-0.25, -0.2) is 4.98 Å². The van der Waals surface area contributed by atoms with Crippen molar-refractivity contribution in [1.82, 2.24) is 14.9 Å². The van der Waals surface area contributed by atoms with Crippen molar-refractivity contribution in [3.05, 3.63) is 47.1 Å². The minimum atomic E-state index is -0.0755. The number of nitrogens with one attached hydrogen (secondary N) is 1. The van der Waals surface area contributed by atoms with Gasteiger partial charge in [-0.1, -0.05) is 12.1 Å². The zero-order chi connectivity index (χ0) is 17.4. The maximum atomic E-state index is 12.2. The first-order valence-electron chi connectivity index (χ1n) is 7.51. The van der Waals surface area contributed by atoms with Crippen LogP contribution in [0.5, 0.6) is 0 Å². The van der Waals surface area contributed by atoms with E-state index in [0.717, 1.165) is 16.2 Å². The summed E-state index contributed by atoms with van der Waals surface area (Å²) in [6.07, 6.45) is 1.74. The summed E-state index contributed by atoms with van der Waals surface area (Å²) in [5.74, 6) is 0.550. The number of aliphatic imine (C=N–C) groups is 1. The molecular weight excluding hydrogens is 356 g/mol. The monoisotopic (exact) mass is 370 g/mol. The first kappa shape index (κ1) is 16.0. The van der Waals surface area contributed by atoms with Crippen molar-refractivity contribution in [3.63, 3.8) is 0 Å². The van der Waals surface area contributed by atoms with Gasteiger partial charge < -0.3 is 9.40 Å². The third kappa shape index (κ3) is 3.10. The van der Waals surface area contributed by atoms with Crippen LogP contribution >= 0.6 is 23.5 Å². The number of H-pyrrole nitrogens is 1.